The molecule has 2 N–H and O–H groups in total. The molecule has 102 valence electrons. The predicted molar refractivity (Wildman–Crippen MR) is 77.8 cm³/mol. The van der Waals surface area contributed by atoms with Crippen molar-refractivity contribution in [1.82, 2.24) is 4.98 Å². The molecule has 3 heteroatoms. The van der Waals surface area contributed by atoms with Crippen LogP contribution in [0.2, 0.25) is 0 Å². The number of aryl methyl sites for hydroxylation is 1. The Morgan fingerprint density at radius 1 is 1.32 bits per heavy atom. The van der Waals surface area contributed by atoms with E-state index in [0.717, 1.165) is 11.2 Å². The monoisotopic (exact) mass is 259 g/mol. The van der Waals surface area contributed by atoms with E-state index in [1.165, 1.54) is 16.5 Å². The second-order valence-electron chi connectivity index (χ2n) is 5.62. The summed E-state index contributed by atoms with van der Waals surface area (Å²) >= 11 is 0. The number of hydrogen-bond donors (Lipinski definition) is 2. The number of carboxylic acids is 1. The highest BCUT2D eigenvalue weighted by molar-refractivity contribution is 5.85. The Balaban J connectivity index is 2.47. The highest BCUT2D eigenvalue weighted by atomic mass is 16.4. The predicted octanol–water partition coefficient (Wildman–Crippen LogP) is 4.18. The third-order valence-corrected chi connectivity index (χ3v) is 3.76. The number of aromatic amines is 1. The van der Waals surface area contributed by atoms with Crippen molar-refractivity contribution >= 4 is 16.9 Å². The van der Waals surface area contributed by atoms with Crippen LogP contribution in [-0.2, 0) is 4.79 Å². The molecular weight excluding hydrogens is 238 g/mol. The first-order valence-electron chi connectivity index (χ1n) is 6.74. The van der Waals surface area contributed by atoms with Crippen molar-refractivity contribution in [2.24, 2.45) is 0 Å². The number of rotatable bonds is 4. The van der Waals surface area contributed by atoms with Gasteiger partial charge in [0.05, 0.1) is 6.42 Å². The van der Waals surface area contributed by atoms with Gasteiger partial charge in [-0.2, -0.15) is 0 Å². The number of aliphatic carboxylic acids is 1. The Bertz CT molecular complexity index is 610. The zero-order chi connectivity index (χ0) is 14.2. The molecule has 1 atom stereocenters. The number of nitrogens with one attached hydrogen (secondary N) is 1. The van der Waals surface area contributed by atoms with Gasteiger partial charge in [0.1, 0.15) is 0 Å². The maximum absolute atomic E-state index is 10.8. The lowest BCUT2D eigenvalue weighted by Crippen LogP contribution is -2.04. The van der Waals surface area contributed by atoms with Gasteiger partial charge >= 0.3 is 5.97 Å². The first-order chi connectivity index (χ1) is 8.90. The summed E-state index contributed by atoms with van der Waals surface area (Å²) in [4.78, 5) is 14.2. The molecule has 0 aliphatic heterocycles. The van der Waals surface area contributed by atoms with E-state index in [1.54, 1.807) is 0 Å². The highest BCUT2D eigenvalue weighted by Crippen LogP contribution is 2.30. The Labute approximate surface area is 113 Å². The smallest absolute Gasteiger partial charge is 0.304 e. The Morgan fingerprint density at radius 3 is 2.58 bits per heavy atom. The normalized spacial score (nSPS) is 13.1. The van der Waals surface area contributed by atoms with Crippen molar-refractivity contribution in [1.29, 1.82) is 0 Å². The molecule has 0 spiro atoms. The van der Waals surface area contributed by atoms with Crippen LogP contribution in [0.5, 0.6) is 0 Å². The Kier molecular flexibility index (Phi) is 3.65. The van der Waals surface area contributed by atoms with E-state index in [9.17, 15) is 4.79 Å². The zero-order valence-corrected chi connectivity index (χ0v) is 11.9. The maximum Gasteiger partial charge on any atom is 0.304 e. The minimum atomic E-state index is -0.756. The summed E-state index contributed by atoms with van der Waals surface area (Å²) in [5.41, 5.74) is 4.62. The number of carboxylic acid groups (broad SMARTS) is 1. The van der Waals surface area contributed by atoms with Gasteiger partial charge in [-0.15, -0.1) is 0 Å². The first kappa shape index (κ1) is 13.7. The third-order valence-electron chi connectivity index (χ3n) is 3.76. The van der Waals surface area contributed by atoms with Crippen molar-refractivity contribution < 1.29 is 9.90 Å². The van der Waals surface area contributed by atoms with E-state index in [4.69, 9.17) is 5.11 Å². The quantitative estimate of drug-likeness (QED) is 0.865. The lowest BCUT2D eigenvalue weighted by molar-refractivity contribution is -0.137. The summed E-state index contributed by atoms with van der Waals surface area (Å²) in [6, 6.07) is 6.44. The second kappa shape index (κ2) is 5.08. The molecule has 0 aliphatic rings. The van der Waals surface area contributed by atoms with Crippen molar-refractivity contribution in [2.45, 2.75) is 46.0 Å². The summed E-state index contributed by atoms with van der Waals surface area (Å²) < 4.78 is 0. The lowest BCUT2D eigenvalue weighted by atomic mass is 9.97. The molecule has 0 saturated heterocycles. The van der Waals surface area contributed by atoms with E-state index in [-0.39, 0.29) is 12.3 Å². The number of carbonyl (C=O) groups is 1. The van der Waals surface area contributed by atoms with E-state index in [2.05, 4.69) is 44.0 Å². The average molecular weight is 259 g/mol. The summed E-state index contributed by atoms with van der Waals surface area (Å²) in [5.74, 6) is -0.251. The fourth-order valence-corrected chi connectivity index (χ4v) is 2.58. The van der Waals surface area contributed by atoms with Crippen LogP contribution in [-0.4, -0.2) is 16.1 Å². The van der Waals surface area contributed by atoms with Crippen LogP contribution in [0.4, 0.5) is 0 Å². The molecule has 0 saturated carbocycles. The largest absolute Gasteiger partial charge is 0.481 e. The molecule has 2 rings (SSSR count). The molecule has 0 fully saturated rings. The zero-order valence-electron chi connectivity index (χ0n) is 11.9. The van der Waals surface area contributed by atoms with Gasteiger partial charge in [0.2, 0.25) is 0 Å². The van der Waals surface area contributed by atoms with E-state index >= 15 is 0 Å². The molecule has 0 radical (unpaired) electrons. The van der Waals surface area contributed by atoms with Crippen LogP contribution in [0.25, 0.3) is 10.9 Å². The Morgan fingerprint density at radius 2 is 2.00 bits per heavy atom. The van der Waals surface area contributed by atoms with Gasteiger partial charge in [0.15, 0.2) is 0 Å². The maximum atomic E-state index is 10.8. The van der Waals surface area contributed by atoms with E-state index < -0.39 is 5.97 Å². The van der Waals surface area contributed by atoms with Crippen molar-refractivity contribution in [3.05, 3.63) is 35.0 Å². The molecule has 2 aromatic rings. The van der Waals surface area contributed by atoms with Gasteiger partial charge in [0.25, 0.3) is 0 Å². The van der Waals surface area contributed by atoms with Crippen molar-refractivity contribution in [2.75, 3.05) is 0 Å². The van der Waals surface area contributed by atoms with Crippen LogP contribution in [0.1, 0.15) is 55.8 Å². The molecule has 0 aliphatic carbocycles. The van der Waals surface area contributed by atoms with Gasteiger partial charge in [0, 0.05) is 22.5 Å². The molecule has 3 nitrogen and oxygen atoms in total. The fraction of sp³-hybridized carbons (Fsp3) is 0.438. The summed E-state index contributed by atoms with van der Waals surface area (Å²) in [7, 11) is 0. The molecule has 1 aromatic heterocycles. The van der Waals surface area contributed by atoms with Crippen molar-refractivity contribution in [3.8, 4) is 0 Å². The van der Waals surface area contributed by atoms with Gasteiger partial charge in [-0.1, -0.05) is 26.8 Å². The molecule has 1 unspecified atom stereocenters. The number of hydrogen-bond acceptors (Lipinski definition) is 1. The molecule has 19 heavy (non-hydrogen) atoms. The third kappa shape index (κ3) is 2.65. The minimum Gasteiger partial charge on any atom is -0.481 e. The van der Waals surface area contributed by atoms with Crippen LogP contribution >= 0.6 is 0 Å². The topological polar surface area (TPSA) is 53.1 Å². The van der Waals surface area contributed by atoms with Crippen LogP contribution in [0.3, 0.4) is 0 Å². The molecule has 0 bridgehead atoms. The molecular formula is C16H21NO2. The van der Waals surface area contributed by atoms with Gasteiger partial charge in [-0.3, -0.25) is 4.79 Å². The molecule has 0 amide bonds. The summed E-state index contributed by atoms with van der Waals surface area (Å²) in [6.07, 6.45) is 0.157. The van der Waals surface area contributed by atoms with Gasteiger partial charge < -0.3 is 10.1 Å². The molecule has 1 aromatic carbocycles. The number of fused-ring (bicyclic) bond motifs is 1. The number of H-pyrrole nitrogens is 1. The minimum absolute atomic E-state index is 0.00685. The van der Waals surface area contributed by atoms with Gasteiger partial charge in [-0.05, 0) is 36.1 Å². The Hall–Kier alpha value is -1.77. The van der Waals surface area contributed by atoms with E-state index in [0.29, 0.717) is 5.92 Å². The summed E-state index contributed by atoms with van der Waals surface area (Å²) in [6.45, 7) is 8.38. The number of aromatic nitrogens is 1. The standard InChI is InChI=1S/C16H21NO2/c1-9(2)12-5-6-14-13(8-12)11(4)16(17-14)10(3)7-15(18)19/h5-6,8-10,17H,7H2,1-4H3,(H,18,19). The highest BCUT2D eigenvalue weighted by Gasteiger charge is 2.17. The lowest BCUT2D eigenvalue weighted by Gasteiger charge is -2.08. The fourth-order valence-electron chi connectivity index (χ4n) is 2.58. The number of benzene rings is 1. The summed E-state index contributed by atoms with van der Waals surface area (Å²) in [5, 5.41) is 10.1. The van der Waals surface area contributed by atoms with Crippen LogP contribution in [0.15, 0.2) is 18.2 Å². The average Bonchev–Trinajstić information content (AvgIpc) is 2.65. The van der Waals surface area contributed by atoms with Crippen LogP contribution in [0, 0.1) is 6.92 Å². The molecule has 1 heterocycles. The second-order valence-corrected chi connectivity index (χ2v) is 5.62. The van der Waals surface area contributed by atoms with Crippen LogP contribution < -0.4 is 0 Å². The van der Waals surface area contributed by atoms with Gasteiger partial charge in [-0.25, -0.2) is 0 Å². The first-order valence-corrected chi connectivity index (χ1v) is 6.74. The van der Waals surface area contributed by atoms with E-state index in [1.807, 2.05) is 6.92 Å². The van der Waals surface area contributed by atoms with Crippen molar-refractivity contribution in [3.63, 3.8) is 0 Å². The SMILES string of the molecule is Cc1c(C(C)CC(=O)O)[nH]c2ccc(C(C)C)cc12.